The Morgan fingerprint density at radius 1 is 1.05 bits per heavy atom. The molecule has 1 aliphatic carbocycles. The molecule has 1 aliphatic rings. The second kappa shape index (κ2) is 4.46. The van der Waals surface area contributed by atoms with Gasteiger partial charge in [-0.2, -0.15) is 4.98 Å². The zero-order valence-corrected chi connectivity index (χ0v) is 9.94. The van der Waals surface area contributed by atoms with Crippen LogP contribution in [0.3, 0.4) is 0 Å². The smallest absolute Gasteiger partial charge is 0.224 e. The molecule has 1 heterocycles. The molecule has 3 rings (SSSR count). The lowest BCUT2D eigenvalue weighted by molar-refractivity contribution is 0.448. The molecule has 0 radical (unpaired) electrons. The maximum Gasteiger partial charge on any atom is 0.224 e. The van der Waals surface area contributed by atoms with E-state index in [9.17, 15) is 8.78 Å². The van der Waals surface area contributed by atoms with Crippen LogP contribution in [-0.4, -0.2) is 9.97 Å². The van der Waals surface area contributed by atoms with Crippen molar-refractivity contribution in [1.82, 2.24) is 9.97 Å². The van der Waals surface area contributed by atoms with E-state index in [2.05, 4.69) is 9.97 Å². The Kier molecular flexibility index (Phi) is 2.77. The fourth-order valence-corrected chi connectivity index (χ4v) is 1.75. The monoisotopic (exact) mass is 263 g/mol. The van der Waals surface area contributed by atoms with Crippen LogP contribution in [0.25, 0.3) is 0 Å². The SMILES string of the molecule is Nc1cc(Oc2cc(F)cc(F)c2)nc(C2CC2)n1. The Morgan fingerprint density at radius 3 is 2.37 bits per heavy atom. The number of halogens is 2. The van der Waals surface area contributed by atoms with Gasteiger partial charge in [0.1, 0.15) is 29.0 Å². The number of ether oxygens (including phenoxy) is 1. The second-order valence-electron chi connectivity index (χ2n) is 4.47. The van der Waals surface area contributed by atoms with Crippen molar-refractivity contribution < 1.29 is 13.5 Å². The molecule has 2 N–H and O–H groups in total. The van der Waals surface area contributed by atoms with Crippen molar-refractivity contribution >= 4 is 5.82 Å². The Labute approximate surface area is 108 Å². The minimum Gasteiger partial charge on any atom is -0.439 e. The number of rotatable bonds is 3. The van der Waals surface area contributed by atoms with Gasteiger partial charge in [0, 0.05) is 30.2 Å². The fraction of sp³-hybridized carbons (Fsp3) is 0.231. The summed E-state index contributed by atoms with van der Waals surface area (Å²) in [6.07, 6.45) is 2.05. The number of nitrogen functional groups attached to an aromatic ring is 1. The third-order valence-corrected chi connectivity index (χ3v) is 2.74. The van der Waals surface area contributed by atoms with Crippen molar-refractivity contribution in [3.8, 4) is 11.6 Å². The van der Waals surface area contributed by atoms with E-state index in [0.29, 0.717) is 11.7 Å². The average molecular weight is 263 g/mol. The van der Waals surface area contributed by atoms with Gasteiger partial charge in [-0.1, -0.05) is 0 Å². The van der Waals surface area contributed by atoms with Gasteiger partial charge < -0.3 is 10.5 Å². The minimum atomic E-state index is -0.709. The van der Waals surface area contributed by atoms with E-state index in [1.807, 2.05) is 0 Å². The first kappa shape index (κ1) is 11.8. The molecule has 0 saturated heterocycles. The standard InChI is InChI=1S/C13H11F2N3O/c14-8-3-9(15)5-10(4-8)19-12-6-11(16)17-13(18-12)7-1-2-7/h3-7H,1-2H2,(H2,16,17,18). The van der Waals surface area contributed by atoms with Gasteiger partial charge in [-0.25, -0.2) is 13.8 Å². The van der Waals surface area contributed by atoms with Crippen LogP contribution in [0.5, 0.6) is 11.6 Å². The Balaban J connectivity index is 1.89. The maximum absolute atomic E-state index is 13.1. The fourth-order valence-electron chi connectivity index (χ4n) is 1.75. The van der Waals surface area contributed by atoms with Crippen LogP contribution in [0.2, 0.25) is 0 Å². The van der Waals surface area contributed by atoms with E-state index in [-0.39, 0.29) is 17.4 Å². The van der Waals surface area contributed by atoms with Crippen molar-refractivity contribution in [2.75, 3.05) is 5.73 Å². The summed E-state index contributed by atoms with van der Waals surface area (Å²) in [6, 6.07) is 4.36. The number of aromatic nitrogens is 2. The molecule has 2 aromatic rings. The average Bonchev–Trinajstić information content (AvgIpc) is 3.09. The molecule has 0 spiro atoms. The molecule has 1 saturated carbocycles. The van der Waals surface area contributed by atoms with Gasteiger partial charge in [0.25, 0.3) is 0 Å². The van der Waals surface area contributed by atoms with Crippen LogP contribution in [0.4, 0.5) is 14.6 Å². The third kappa shape index (κ3) is 2.78. The first-order chi connectivity index (χ1) is 9.10. The highest BCUT2D eigenvalue weighted by Crippen LogP contribution is 2.39. The summed E-state index contributed by atoms with van der Waals surface area (Å²) in [4.78, 5) is 8.30. The van der Waals surface area contributed by atoms with Crippen molar-refractivity contribution in [2.24, 2.45) is 0 Å². The third-order valence-electron chi connectivity index (χ3n) is 2.74. The van der Waals surface area contributed by atoms with Crippen LogP contribution < -0.4 is 10.5 Å². The Bertz CT molecular complexity index is 609. The van der Waals surface area contributed by atoms with Crippen LogP contribution in [0, 0.1) is 11.6 Å². The molecule has 98 valence electrons. The first-order valence-electron chi connectivity index (χ1n) is 5.88. The predicted octanol–water partition coefficient (Wildman–Crippen LogP) is 3.01. The quantitative estimate of drug-likeness (QED) is 0.924. The second-order valence-corrected chi connectivity index (χ2v) is 4.47. The van der Waals surface area contributed by atoms with E-state index < -0.39 is 11.6 Å². The van der Waals surface area contributed by atoms with E-state index in [0.717, 1.165) is 31.0 Å². The van der Waals surface area contributed by atoms with E-state index in [1.165, 1.54) is 6.07 Å². The molecule has 0 unspecified atom stereocenters. The number of benzene rings is 1. The van der Waals surface area contributed by atoms with Crippen LogP contribution >= 0.6 is 0 Å². The highest BCUT2D eigenvalue weighted by Gasteiger charge is 2.27. The minimum absolute atomic E-state index is 0.0392. The van der Waals surface area contributed by atoms with Crippen molar-refractivity contribution in [2.45, 2.75) is 18.8 Å². The molecule has 1 fully saturated rings. The lowest BCUT2D eigenvalue weighted by Crippen LogP contribution is -2.00. The van der Waals surface area contributed by atoms with Gasteiger partial charge in [-0.15, -0.1) is 0 Å². The molecule has 19 heavy (non-hydrogen) atoms. The normalized spacial score (nSPS) is 14.4. The van der Waals surface area contributed by atoms with Gasteiger partial charge >= 0.3 is 0 Å². The largest absolute Gasteiger partial charge is 0.439 e. The van der Waals surface area contributed by atoms with Crippen LogP contribution in [-0.2, 0) is 0 Å². The van der Waals surface area contributed by atoms with Crippen molar-refractivity contribution in [1.29, 1.82) is 0 Å². The summed E-state index contributed by atoms with van der Waals surface area (Å²) in [5, 5.41) is 0. The number of nitrogens with zero attached hydrogens (tertiary/aromatic N) is 2. The highest BCUT2D eigenvalue weighted by molar-refractivity contribution is 5.37. The Hall–Kier alpha value is -2.24. The highest BCUT2D eigenvalue weighted by atomic mass is 19.1. The zero-order chi connectivity index (χ0) is 13.4. The van der Waals surface area contributed by atoms with Gasteiger partial charge in [0.05, 0.1) is 0 Å². The summed E-state index contributed by atoms with van der Waals surface area (Å²) in [7, 11) is 0. The summed E-state index contributed by atoms with van der Waals surface area (Å²) in [5.74, 6) is 0.0291. The van der Waals surface area contributed by atoms with E-state index in [1.54, 1.807) is 0 Å². The van der Waals surface area contributed by atoms with E-state index in [4.69, 9.17) is 10.5 Å². The van der Waals surface area contributed by atoms with Crippen molar-refractivity contribution in [3.63, 3.8) is 0 Å². The number of hydrogen-bond donors (Lipinski definition) is 1. The molecule has 0 bridgehead atoms. The molecular weight excluding hydrogens is 252 g/mol. The Morgan fingerprint density at radius 2 is 1.74 bits per heavy atom. The maximum atomic E-state index is 13.1. The number of hydrogen-bond acceptors (Lipinski definition) is 4. The van der Waals surface area contributed by atoms with Gasteiger partial charge in [0.15, 0.2) is 0 Å². The van der Waals surface area contributed by atoms with Crippen molar-refractivity contribution in [3.05, 3.63) is 41.7 Å². The molecule has 4 nitrogen and oxygen atoms in total. The lowest BCUT2D eigenvalue weighted by atomic mass is 10.3. The van der Waals surface area contributed by atoms with Gasteiger partial charge in [0.2, 0.25) is 5.88 Å². The number of nitrogens with two attached hydrogens (primary N) is 1. The molecule has 0 atom stereocenters. The molecule has 1 aromatic carbocycles. The molecule has 0 aliphatic heterocycles. The molecule has 1 aromatic heterocycles. The van der Waals surface area contributed by atoms with Crippen LogP contribution in [0.1, 0.15) is 24.6 Å². The molecular formula is C13H11F2N3O. The summed E-state index contributed by atoms with van der Waals surface area (Å²) in [5.41, 5.74) is 5.66. The summed E-state index contributed by atoms with van der Waals surface area (Å²) in [6.45, 7) is 0. The zero-order valence-electron chi connectivity index (χ0n) is 9.94. The van der Waals surface area contributed by atoms with Crippen LogP contribution in [0.15, 0.2) is 24.3 Å². The summed E-state index contributed by atoms with van der Waals surface area (Å²) < 4.78 is 31.4. The summed E-state index contributed by atoms with van der Waals surface area (Å²) >= 11 is 0. The van der Waals surface area contributed by atoms with Gasteiger partial charge in [-0.3, -0.25) is 0 Å². The first-order valence-corrected chi connectivity index (χ1v) is 5.88. The predicted molar refractivity (Wildman–Crippen MR) is 64.9 cm³/mol. The van der Waals surface area contributed by atoms with E-state index >= 15 is 0 Å². The topological polar surface area (TPSA) is 61.0 Å². The lowest BCUT2D eigenvalue weighted by Gasteiger charge is -2.07. The van der Waals surface area contributed by atoms with Gasteiger partial charge in [-0.05, 0) is 12.8 Å². The molecule has 6 heteroatoms. The number of anilines is 1. The molecule has 0 amide bonds.